The lowest BCUT2D eigenvalue weighted by Crippen LogP contribution is -2.58. The van der Waals surface area contributed by atoms with Crippen LogP contribution in [0.3, 0.4) is 0 Å². The maximum Gasteiger partial charge on any atom is 0.0625 e. The van der Waals surface area contributed by atoms with Crippen LogP contribution in [0.5, 0.6) is 0 Å². The molecule has 0 aliphatic heterocycles. The summed E-state index contributed by atoms with van der Waals surface area (Å²) in [6, 6.07) is 0. The monoisotopic (exact) mass is 456 g/mol. The van der Waals surface area contributed by atoms with Crippen LogP contribution in [-0.2, 0) is 4.74 Å². The molecule has 0 bridgehead atoms. The van der Waals surface area contributed by atoms with Gasteiger partial charge in [0.25, 0.3) is 0 Å². The summed E-state index contributed by atoms with van der Waals surface area (Å²) in [6.45, 7) is 17.6. The SMILES string of the molecule is CO[C@H]1CC[C@]2(C)[C@H]3CC[C@H]4[C@@](C)(CC[C@H]5C(C)(C)[C@@H](O)CC[C@@]54C)CC3=CC[C@H]2C1(C)C. The molecular formula is C31H52O2. The van der Waals surface area contributed by atoms with E-state index in [1.54, 1.807) is 0 Å². The van der Waals surface area contributed by atoms with Gasteiger partial charge < -0.3 is 9.84 Å². The summed E-state index contributed by atoms with van der Waals surface area (Å²) < 4.78 is 6.01. The van der Waals surface area contributed by atoms with Crippen LogP contribution >= 0.6 is 0 Å². The Morgan fingerprint density at radius 2 is 1.45 bits per heavy atom. The normalized spacial score (nSPS) is 52.9. The van der Waals surface area contributed by atoms with Crippen LogP contribution in [0.25, 0.3) is 0 Å². The van der Waals surface area contributed by atoms with Crippen LogP contribution in [0, 0.1) is 50.7 Å². The van der Waals surface area contributed by atoms with Gasteiger partial charge in [-0.1, -0.05) is 60.1 Å². The Balaban J connectivity index is 1.49. The lowest BCUT2D eigenvalue weighted by atomic mass is 9.42. The summed E-state index contributed by atoms with van der Waals surface area (Å²) in [5, 5.41) is 10.9. The van der Waals surface area contributed by atoms with Crippen molar-refractivity contribution in [2.45, 2.75) is 125 Å². The topological polar surface area (TPSA) is 29.5 Å². The molecule has 0 unspecified atom stereocenters. The van der Waals surface area contributed by atoms with Gasteiger partial charge >= 0.3 is 0 Å². The van der Waals surface area contributed by atoms with Crippen molar-refractivity contribution in [3.05, 3.63) is 11.6 Å². The molecule has 5 aliphatic carbocycles. The molecule has 2 heteroatoms. The van der Waals surface area contributed by atoms with E-state index < -0.39 is 0 Å². The third-order valence-corrected chi connectivity index (χ3v) is 13.1. The smallest absolute Gasteiger partial charge is 0.0625 e. The minimum absolute atomic E-state index is 0.0479. The maximum atomic E-state index is 10.9. The number of rotatable bonds is 1. The fourth-order valence-electron chi connectivity index (χ4n) is 11.3. The van der Waals surface area contributed by atoms with Crippen molar-refractivity contribution in [2.75, 3.05) is 7.11 Å². The number of hydrogen-bond donors (Lipinski definition) is 1. The molecule has 0 aromatic heterocycles. The van der Waals surface area contributed by atoms with Crippen LogP contribution in [0.15, 0.2) is 11.6 Å². The quantitative estimate of drug-likeness (QED) is 0.408. The number of ether oxygens (including phenoxy) is 1. The highest BCUT2D eigenvalue weighted by Crippen LogP contribution is 2.70. The van der Waals surface area contributed by atoms with Crippen LogP contribution in [0.2, 0.25) is 0 Å². The van der Waals surface area contributed by atoms with Crippen molar-refractivity contribution in [1.82, 2.24) is 0 Å². The van der Waals surface area contributed by atoms with Crippen molar-refractivity contribution < 1.29 is 9.84 Å². The molecule has 0 saturated heterocycles. The molecule has 4 saturated carbocycles. The minimum atomic E-state index is -0.131. The lowest BCUT2D eigenvalue weighted by Gasteiger charge is -2.63. The first-order chi connectivity index (χ1) is 15.3. The van der Waals surface area contributed by atoms with E-state index in [0.717, 1.165) is 24.2 Å². The van der Waals surface area contributed by atoms with Gasteiger partial charge in [-0.25, -0.2) is 0 Å². The molecule has 188 valence electrons. The van der Waals surface area contributed by atoms with Crippen LogP contribution < -0.4 is 0 Å². The average molecular weight is 457 g/mol. The third kappa shape index (κ3) is 3.24. The van der Waals surface area contributed by atoms with Gasteiger partial charge in [0.1, 0.15) is 0 Å². The van der Waals surface area contributed by atoms with Crippen LogP contribution in [0.4, 0.5) is 0 Å². The third-order valence-electron chi connectivity index (χ3n) is 13.1. The van der Waals surface area contributed by atoms with E-state index in [2.05, 4.69) is 54.5 Å². The van der Waals surface area contributed by atoms with E-state index in [0.29, 0.717) is 28.3 Å². The van der Waals surface area contributed by atoms with Gasteiger partial charge in [-0.3, -0.25) is 0 Å². The molecular weight excluding hydrogens is 404 g/mol. The Morgan fingerprint density at radius 3 is 2.15 bits per heavy atom. The second-order valence-corrected chi connectivity index (χ2v) is 15.1. The van der Waals surface area contributed by atoms with Gasteiger partial charge in [0.2, 0.25) is 0 Å². The molecule has 0 aromatic rings. The number of fused-ring (bicyclic) bond motifs is 6. The fourth-order valence-corrected chi connectivity index (χ4v) is 11.3. The van der Waals surface area contributed by atoms with E-state index in [-0.39, 0.29) is 16.9 Å². The molecule has 1 N–H and O–H groups in total. The van der Waals surface area contributed by atoms with Gasteiger partial charge in [-0.15, -0.1) is 0 Å². The first-order valence-corrected chi connectivity index (χ1v) is 14.2. The minimum Gasteiger partial charge on any atom is -0.393 e. The fraction of sp³-hybridized carbons (Fsp3) is 0.935. The van der Waals surface area contributed by atoms with Gasteiger partial charge in [-0.05, 0) is 115 Å². The van der Waals surface area contributed by atoms with E-state index in [1.165, 1.54) is 57.8 Å². The molecule has 0 spiro atoms. The van der Waals surface area contributed by atoms with Crippen molar-refractivity contribution in [3.8, 4) is 0 Å². The van der Waals surface area contributed by atoms with E-state index in [9.17, 15) is 5.11 Å². The highest BCUT2D eigenvalue weighted by molar-refractivity contribution is 5.25. The first kappa shape index (κ1) is 24.4. The zero-order valence-electron chi connectivity index (χ0n) is 23.0. The summed E-state index contributed by atoms with van der Waals surface area (Å²) in [6.07, 6.45) is 15.7. The Bertz CT molecular complexity index is 810. The molecule has 0 aromatic carbocycles. The van der Waals surface area contributed by atoms with Crippen LogP contribution in [-0.4, -0.2) is 24.4 Å². The standard InChI is InChI=1S/C31H52O2/c1-27(2)23-13-16-29(5)19-20-9-11-22-28(3,4)26(33-8)15-18-30(22,6)21(20)10-12-24(29)31(23,7)17-14-25(27)32/h9,21-26,32H,10-19H2,1-8H3/t21-,22-,23-,24-,25-,26-,29-,30+,31-/m0/s1. The molecule has 9 atom stereocenters. The highest BCUT2D eigenvalue weighted by Gasteiger charge is 2.63. The Morgan fingerprint density at radius 1 is 0.758 bits per heavy atom. The van der Waals surface area contributed by atoms with Crippen molar-refractivity contribution in [2.24, 2.45) is 50.7 Å². The Kier molecular flexibility index (Phi) is 5.60. The highest BCUT2D eigenvalue weighted by atomic mass is 16.5. The molecule has 5 aliphatic rings. The second-order valence-electron chi connectivity index (χ2n) is 15.1. The summed E-state index contributed by atoms with van der Waals surface area (Å²) in [7, 11) is 1.93. The summed E-state index contributed by atoms with van der Waals surface area (Å²) in [5.41, 5.74) is 3.32. The van der Waals surface area contributed by atoms with Crippen LogP contribution in [0.1, 0.15) is 113 Å². The number of hydrogen-bond acceptors (Lipinski definition) is 2. The molecule has 0 amide bonds. The first-order valence-electron chi connectivity index (χ1n) is 14.2. The van der Waals surface area contributed by atoms with Crippen molar-refractivity contribution in [1.29, 1.82) is 0 Å². The molecule has 0 heterocycles. The number of allylic oxidation sites excluding steroid dienone is 2. The zero-order valence-corrected chi connectivity index (χ0v) is 23.0. The predicted molar refractivity (Wildman–Crippen MR) is 137 cm³/mol. The average Bonchev–Trinajstić information content (AvgIpc) is 2.88. The van der Waals surface area contributed by atoms with Gasteiger partial charge in [0.15, 0.2) is 0 Å². The predicted octanol–water partition coefficient (Wildman–Crippen LogP) is 7.79. The van der Waals surface area contributed by atoms with Crippen molar-refractivity contribution >= 4 is 0 Å². The largest absolute Gasteiger partial charge is 0.393 e. The molecule has 4 fully saturated rings. The van der Waals surface area contributed by atoms with Gasteiger partial charge in [-0.2, -0.15) is 0 Å². The number of methoxy groups -OCH3 is 1. The summed E-state index contributed by atoms with van der Waals surface area (Å²) in [4.78, 5) is 0. The Hall–Kier alpha value is -0.340. The maximum absolute atomic E-state index is 10.9. The van der Waals surface area contributed by atoms with E-state index in [1.807, 2.05) is 12.7 Å². The second kappa shape index (κ2) is 7.58. The van der Waals surface area contributed by atoms with E-state index >= 15 is 0 Å². The lowest BCUT2D eigenvalue weighted by molar-refractivity contribution is -0.170. The molecule has 0 radical (unpaired) electrons. The molecule has 2 nitrogen and oxygen atoms in total. The summed E-state index contributed by atoms with van der Waals surface area (Å²) >= 11 is 0. The Labute approximate surface area is 204 Å². The number of aliphatic hydroxyl groups excluding tert-OH is 1. The van der Waals surface area contributed by atoms with Crippen molar-refractivity contribution in [3.63, 3.8) is 0 Å². The number of aliphatic hydroxyl groups is 1. The van der Waals surface area contributed by atoms with Gasteiger partial charge in [0, 0.05) is 7.11 Å². The van der Waals surface area contributed by atoms with E-state index in [4.69, 9.17) is 4.74 Å². The summed E-state index contributed by atoms with van der Waals surface area (Å²) in [5.74, 6) is 2.91. The zero-order chi connectivity index (χ0) is 24.0. The molecule has 33 heavy (non-hydrogen) atoms. The van der Waals surface area contributed by atoms with Gasteiger partial charge in [0.05, 0.1) is 12.2 Å². The molecule has 5 rings (SSSR count).